The normalized spacial score (nSPS) is 11.6. The minimum absolute atomic E-state index is 0.0457. The van der Waals surface area contributed by atoms with Gasteiger partial charge in [0.1, 0.15) is 11.6 Å². The number of pyridine rings is 1. The summed E-state index contributed by atoms with van der Waals surface area (Å²) < 4.78 is 1.45. The number of carbonyl (C=O) groups excluding carboxylic acids is 2. The smallest absolute Gasteiger partial charge is 0.263 e. The fourth-order valence-corrected chi connectivity index (χ4v) is 2.79. The van der Waals surface area contributed by atoms with Crippen LogP contribution in [0.15, 0.2) is 83.8 Å². The number of benzene rings is 2. The molecule has 3 rings (SSSR count). The van der Waals surface area contributed by atoms with E-state index in [-0.39, 0.29) is 5.56 Å². The molecule has 2 amide bonds. The molecule has 6 heteroatoms. The van der Waals surface area contributed by atoms with Gasteiger partial charge in [-0.05, 0) is 23.3 Å². The van der Waals surface area contributed by atoms with Crippen LogP contribution in [0.25, 0.3) is 0 Å². The van der Waals surface area contributed by atoms with Crippen LogP contribution in [-0.2, 0) is 11.3 Å². The van der Waals surface area contributed by atoms with Crippen molar-refractivity contribution in [3.63, 3.8) is 0 Å². The van der Waals surface area contributed by atoms with E-state index in [0.29, 0.717) is 12.1 Å². The van der Waals surface area contributed by atoms with Crippen LogP contribution in [0.4, 0.5) is 0 Å². The molecule has 6 nitrogen and oxygen atoms in total. The van der Waals surface area contributed by atoms with Crippen molar-refractivity contribution < 1.29 is 9.59 Å². The second kappa shape index (κ2) is 8.14. The first-order chi connectivity index (χ1) is 13.1. The molecule has 0 saturated carbocycles. The Labute approximate surface area is 156 Å². The van der Waals surface area contributed by atoms with Crippen LogP contribution < -0.4 is 16.6 Å². The molecule has 1 heterocycles. The summed E-state index contributed by atoms with van der Waals surface area (Å²) in [6, 6.07) is 20.2. The molecule has 3 aromatic rings. The van der Waals surface area contributed by atoms with Crippen molar-refractivity contribution in [1.29, 1.82) is 0 Å². The van der Waals surface area contributed by atoms with Crippen LogP contribution in [0, 0.1) is 0 Å². The molecule has 0 aliphatic carbocycles. The minimum atomic E-state index is -1.01. The molecule has 0 spiro atoms. The van der Waals surface area contributed by atoms with E-state index in [9.17, 15) is 14.4 Å². The average Bonchev–Trinajstić information content (AvgIpc) is 2.69. The van der Waals surface area contributed by atoms with E-state index in [4.69, 9.17) is 5.73 Å². The highest BCUT2D eigenvalue weighted by molar-refractivity contribution is 5.97. The molecular formula is C21H19N3O3. The van der Waals surface area contributed by atoms with Crippen LogP contribution in [-0.4, -0.2) is 16.4 Å². The maximum Gasteiger partial charge on any atom is 0.263 e. The molecule has 136 valence electrons. The van der Waals surface area contributed by atoms with E-state index in [1.807, 2.05) is 30.3 Å². The zero-order valence-electron chi connectivity index (χ0n) is 14.5. The van der Waals surface area contributed by atoms with Crippen LogP contribution >= 0.6 is 0 Å². The molecule has 2 aromatic carbocycles. The van der Waals surface area contributed by atoms with Crippen molar-refractivity contribution in [3.8, 4) is 0 Å². The summed E-state index contributed by atoms with van der Waals surface area (Å²) in [6.45, 7) is 0.346. The van der Waals surface area contributed by atoms with Crippen LogP contribution in [0.1, 0.15) is 27.5 Å². The summed E-state index contributed by atoms with van der Waals surface area (Å²) in [4.78, 5) is 37.1. The molecule has 0 saturated heterocycles. The Bertz CT molecular complexity index is 998. The highest BCUT2D eigenvalue weighted by Crippen LogP contribution is 2.12. The molecule has 27 heavy (non-hydrogen) atoms. The second-order valence-electron chi connectivity index (χ2n) is 6.06. The second-order valence-corrected chi connectivity index (χ2v) is 6.06. The highest BCUT2D eigenvalue weighted by Gasteiger charge is 2.22. The van der Waals surface area contributed by atoms with Gasteiger partial charge in [-0.1, -0.05) is 60.7 Å². The molecule has 0 unspecified atom stereocenters. The molecule has 0 radical (unpaired) electrons. The lowest BCUT2D eigenvalue weighted by Gasteiger charge is -2.16. The van der Waals surface area contributed by atoms with Crippen molar-refractivity contribution in [2.24, 2.45) is 5.73 Å². The first-order valence-electron chi connectivity index (χ1n) is 8.45. The first-order valence-corrected chi connectivity index (χ1v) is 8.45. The number of rotatable bonds is 6. The molecule has 1 atom stereocenters. The largest absolute Gasteiger partial charge is 0.368 e. The van der Waals surface area contributed by atoms with Gasteiger partial charge in [-0.25, -0.2) is 0 Å². The van der Waals surface area contributed by atoms with E-state index in [2.05, 4.69) is 5.32 Å². The summed E-state index contributed by atoms with van der Waals surface area (Å²) in [5.41, 5.74) is 6.44. The lowest BCUT2D eigenvalue weighted by molar-refractivity contribution is -0.120. The first kappa shape index (κ1) is 18.1. The maximum absolute atomic E-state index is 12.7. The number of aromatic nitrogens is 1. The number of hydrogen-bond acceptors (Lipinski definition) is 3. The monoisotopic (exact) mass is 361 g/mol. The molecule has 0 bridgehead atoms. The summed E-state index contributed by atoms with van der Waals surface area (Å²) in [6.07, 6.45) is 1.62. The van der Waals surface area contributed by atoms with E-state index >= 15 is 0 Å². The topological polar surface area (TPSA) is 94.2 Å². The van der Waals surface area contributed by atoms with E-state index in [1.165, 1.54) is 10.6 Å². The number of nitrogens with zero attached hydrogens (tertiary/aromatic N) is 1. The van der Waals surface area contributed by atoms with E-state index in [0.717, 1.165) is 5.56 Å². The van der Waals surface area contributed by atoms with Gasteiger partial charge in [0.15, 0.2) is 0 Å². The van der Waals surface area contributed by atoms with Gasteiger partial charge < -0.3 is 15.6 Å². The predicted octanol–water partition coefficient (Wildman–Crippen LogP) is 1.85. The maximum atomic E-state index is 12.7. The third-order valence-corrected chi connectivity index (χ3v) is 4.15. The number of nitrogens with two attached hydrogens (primary N) is 1. The molecule has 0 aliphatic rings. The lowest BCUT2D eigenvalue weighted by atomic mass is 10.1. The fourth-order valence-electron chi connectivity index (χ4n) is 2.79. The van der Waals surface area contributed by atoms with E-state index in [1.54, 1.807) is 42.6 Å². The summed E-state index contributed by atoms with van der Waals surface area (Å²) in [5.74, 6) is -1.34. The van der Waals surface area contributed by atoms with Gasteiger partial charge in [-0.2, -0.15) is 0 Å². The van der Waals surface area contributed by atoms with Crippen LogP contribution in [0.2, 0.25) is 0 Å². The quantitative estimate of drug-likeness (QED) is 0.702. The average molecular weight is 361 g/mol. The Kier molecular flexibility index (Phi) is 5.47. The van der Waals surface area contributed by atoms with Crippen LogP contribution in [0.3, 0.4) is 0 Å². The van der Waals surface area contributed by atoms with Crippen molar-refractivity contribution in [3.05, 3.63) is 106 Å². The Hall–Kier alpha value is -3.67. The van der Waals surface area contributed by atoms with Gasteiger partial charge in [0.25, 0.3) is 11.5 Å². The Balaban J connectivity index is 1.85. The van der Waals surface area contributed by atoms with Gasteiger partial charge >= 0.3 is 0 Å². The third-order valence-electron chi connectivity index (χ3n) is 4.15. The molecule has 0 fully saturated rings. The fraction of sp³-hybridized carbons (Fsp3) is 0.0952. The van der Waals surface area contributed by atoms with Crippen molar-refractivity contribution in [2.75, 3.05) is 0 Å². The summed E-state index contributed by atoms with van der Waals surface area (Å²) >= 11 is 0. The number of hydrogen-bond donors (Lipinski definition) is 2. The molecule has 3 N–H and O–H groups in total. The zero-order chi connectivity index (χ0) is 19.2. The molecular weight excluding hydrogens is 342 g/mol. The van der Waals surface area contributed by atoms with E-state index < -0.39 is 23.4 Å². The zero-order valence-corrected chi connectivity index (χ0v) is 14.5. The van der Waals surface area contributed by atoms with Crippen molar-refractivity contribution in [2.45, 2.75) is 12.6 Å². The Morgan fingerprint density at radius 1 is 0.926 bits per heavy atom. The molecule has 0 aliphatic heterocycles. The highest BCUT2D eigenvalue weighted by atomic mass is 16.2. The SMILES string of the molecule is NC(=O)[C@@H](NC(=O)c1cccn(Cc2ccccc2)c1=O)c1ccccc1. The predicted molar refractivity (Wildman–Crippen MR) is 102 cm³/mol. The third kappa shape index (κ3) is 4.30. The van der Waals surface area contributed by atoms with Gasteiger partial charge in [0, 0.05) is 6.20 Å². The standard InChI is InChI=1S/C21H19N3O3/c22-19(25)18(16-10-5-2-6-11-16)23-20(26)17-12-7-13-24(21(17)27)14-15-8-3-1-4-9-15/h1-13,18H,14H2,(H2,22,25)(H,23,26)/t18-/m0/s1. The van der Waals surface area contributed by atoms with Crippen molar-refractivity contribution >= 4 is 11.8 Å². The van der Waals surface area contributed by atoms with Crippen LogP contribution in [0.5, 0.6) is 0 Å². The Morgan fingerprint density at radius 2 is 1.56 bits per heavy atom. The summed E-state index contributed by atoms with van der Waals surface area (Å²) in [5, 5.41) is 2.55. The van der Waals surface area contributed by atoms with Crippen molar-refractivity contribution in [1.82, 2.24) is 9.88 Å². The lowest BCUT2D eigenvalue weighted by Crippen LogP contribution is -2.40. The Morgan fingerprint density at radius 3 is 2.19 bits per heavy atom. The van der Waals surface area contributed by atoms with Gasteiger partial charge in [-0.3, -0.25) is 14.4 Å². The van der Waals surface area contributed by atoms with Gasteiger partial charge in [0.2, 0.25) is 5.91 Å². The minimum Gasteiger partial charge on any atom is -0.368 e. The number of carbonyl (C=O) groups is 2. The summed E-state index contributed by atoms with van der Waals surface area (Å²) in [7, 11) is 0. The van der Waals surface area contributed by atoms with Gasteiger partial charge in [0.05, 0.1) is 6.54 Å². The number of amides is 2. The number of nitrogens with one attached hydrogen (secondary N) is 1. The number of primary amides is 1. The molecule has 1 aromatic heterocycles. The van der Waals surface area contributed by atoms with Gasteiger partial charge in [-0.15, -0.1) is 0 Å².